The van der Waals surface area contributed by atoms with Gasteiger partial charge in [-0.05, 0) is 87.8 Å². The zero-order valence-electron chi connectivity index (χ0n) is 23.7. The van der Waals surface area contributed by atoms with Crippen LogP contribution < -0.4 is 4.90 Å². The lowest BCUT2D eigenvalue weighted by molar-refractivity contribution is 0.101. The van der Waals surface area contributed by atoms with E-state index in [1.54, 1.807) is 6.92 Å². The third kappa shape index (κ3) is 3.45. The molecule has 2 aliphatic rings. The first-order valence-corrected chi connectivity index (χ1v) is 14.1. The van der Waals surface area contributed by atoms with Crippen LogP contribution in [0.3, 0.4) is 0 Å². The molecule has 5 aromatic rings. The highest BCUT2D eigenvalue weighted by Crippen LogP contribution is 2.57. The number of anilines is 3. The predicted octanol–water partition coefficient (Wildman–Crippen LogP) is 9.97. The highest BCUT2D eigenvalue weighted by Gasteiger charge is 2.42. The molecule has 40 heavy (non-hydrogen) atoms. The van der Waals surface area contributed by atoms with Gasteiger partial charge in [0.15, 0.2) is 5.78 Å². The molecule has 0 fully saturated rings. The van der Waals surface area contributed by atoms with Crippen LogP contribution in [0.5, 0.6) is 0 Å². The fourth-order valence-electron chi connectivity index (χ4n) is 6.86. The van der Waals surface area contributed by atoms with Gasteiger partial charge < -0.3 is 4.90 Å². The van der Waals surface area contributed by atoms with Gasteiger partial charge in [0.1, 0.15) is 0 Å². The van der Waals surface area contributed by atoms with E-state index >= 15 is 0 Å². The molecule has 0 atom stereocenters. The molecule has 5 aromatic carbocycles. The topological polar surface area (TPSA) is 20.3 Å². The zero-order chi connectivity index (χ0) is 27.8. The monoisotopic (exact) mass is 519 g/mol. The number of para-hydroxylation sites is 2. The summed E-state index contributed by atoms with van der Waals surface area (Å²) in [6.07, 6.45) is 0. The first-order valence-electron chi connectivity index (χ1n) is 14.1. The first-order chi connectivity index (χ1) is 19.2. The maximum atomic E-state index is 11.8. The second-order valence-corrected chi connectivity index (χ2v) is 12.2. The second kappa shape index (κ2) is 8.53. The maximum absolute atomic E-state index is 11.8. The van der Waals surface area contributed by atoms with Gasteiger partial charge in [-0.2, -0.15) is 0 Å². The Labute approximate surface area is 236 Å². The normalized spacial score (nSPS) is 15.6. The van der Waals surface area contributed by atoms with E-state index in [1.807, 2.05) is 12.1 Å². The van der Waals surface area contributed by atoms with Crippen LogP contribution in [0.1, 0.15) is 67.2 Å². The van der Waals surface area contributed by atoms with E-state index in [4.69, 9.17) is 0 Å². The van der Waals surface area contributed by atoms with Gasteiger partial charge in [-0.3, -0.25) is 4.79 Å². The number of fused-ring (bicyclic) bond motifs is 5. The van der Waals surface area contributed by atoms with E-state index < -0.39 is 0 Å². The number of benzene rings is 5. The summed E-state index contributed by atoms with van der Waals surface area (Å²) < 4.78 is 0. The minimum Gasteiger partial charge on any atom is -0.310 e. The molecule has 2 nitrogen and oxygen atoms in total. The summed E-state index contributed by atoms with van der Waals surface area (Å²) in [5, 5.41) is 0. The lowest BCUT2D eigenvalue weighted by Crippen LogP contribution is -2.31. The summed E-state index contributed by atoms with van der Waals surface area (Å²) in [6, 6.07) is 39.3. The summed E-state index contributed by atoms with van der Waals surface area (Å²) >= 11 is 0. The Morgan fingerprint density at radius 3 is 1.90 bits per heavy atom. The molecule has 196 valence electrons. The molecular weight excluding hydrogens is 486 g/mol. The number of Topliss-reactive ketones (excluding diaryl/α,β-unsaturated/α-hetero) is 1. The molecule has 2 heteroatoms. The van der Waals surface area contributed by atoms with Crippen LogP contribution in [0.2, 0.25) is 0 Å². The van der Waals surface area contributed by atoms with Gasteiger partial charge >= 0.3 is 0 Å². The SMILES string of the molecule is CC(=O)c1ccc(-c2ccc3c(c2)C(C)(C)c2cc4c(cc2-3)C(C)(C)c2ccccc2N4c2ccccc2)cc1. The number of rotatable bonds is 3. The Bertz CT molecular complexity index is 1810. The van der Waals surface area contributed by atoms with Crippen molar-refractivity contribution in [2.24, 2.45) is 0 Å². The minimum atomic E-state index is -0.154. The van der Waals surface area contributed by atoms with E-state index in [9.17, 15) is 4.79 Å². The van der Waals surface area contributed by atoms with Crippen molar-refractivity contribution in [3.05, 3.63) is 137 Å². The number of ketones is 1. The van der Waals surface area contributed by atoms with E-state index in [-0.39, 0.29) is 16.6 Å². The van der Waals surface area contributed by atoms with Gasteiger partial charge in [0.2, 0.25) is 0 Å². The molecule has 0 radical (unpaired) electrons. The molecule has 0 unspecified atom stereocenters. The van der Waals surface area contributed by atoms with Gasteiger partial charge in [-0.25, -0.2) is 0 Å². The van der Waals surface area contributed by atoms with E-state index in [0.29, 0.717) is 0 Å². The van der Waals surface area contributed by atoms with Gasteiger partial charge in [0.25, 0.3) is 0 Å². The van der Waals surface area contributed by atoms with E-state index in [0.717, 1.165) is 11.1 Å². The number of hydrogen-bond acceptors (Lipinski definition) is 2. The highest BCUT2D eigenvalue weighted by atomic mass is 16.1. The molecule has 0 aromatic heterocycles. The zero-order valence-corrected chi connectivity index (χ0v) is 23.7. The summed E-state index contributed by atoms with van der Waals surface area (Å²) in [7, 11) is 0. The van der Waals surface area contributed by atoms with Gasteiger partial charge in [-0.1, -0.05) is 100 Å². The summed E-state index contributed by atoms with van der Waals surface area (Å²) in [5.41, 5.74) is 14.5. The van der Waals surface area contributed by atoms with Crippen molar-refractivity contribution >= 4 is 22.8 Å². The van der Waals surface area contributed by atoms with Crippen molar-refractivity contribution in [2.45, 2.75) is 45.4 Å². The lowest BCUT2D eigenvalue weighted by Gasteiger charge is -2.42. The first kappa shape index (κ1) is 24.6. The van der Waals surface area contributed by atoms with Crippen LogP contribution >= 0.6 is 0 Å². The van der Waals surface area contributed by atoms with E-state index in [1.165, 1.54) is 56.0 Å². The third-order valence-electron chi connectivity index (χ3n) is 9.16. The smallest absolute Gasteiger partial charge is 0.159 e. The van der Waals surface area contributed by atoms with E-state index in [2.05, 4.69) is 130 Å². The van der Waals surface area contributed by atoms with Crippen molar-refractivity contribution in [1.82, 2.24) is 0 Å². The molecule has 1 aliphatic heterocycles. The third-order valence-corrected chi connectivity index (χ3v) is 9.16. The largest absolute Gasteiger partial charge is 0.310 e. The Hall–Kier alpha value is -4.43. The van der Waals surface area contributed by atoms with Gasteiger partial charge in [0, 0.05) is 22.1 Å². The van der Waals surface area contributed by atoms with Crippen LogP contribution in [0.4, 0.5) is 17.1 Å². The summed E-state index contributed by atoms with van der Waals surface area (Å²) in [6.45, 7) is 11.0. The highest BCUT2D eigenvalue weighted by molar-refractivity contribution is 5.95. The van der Waals surface area contributed by atoms with Crippen LogP contribution in [0.25, 0.3) is 22.3 Å². The summed E-state index contributed by atoms with van der Waals surface area (Å²) in [5.74, 6) is 0.0932. The van der Waals surface area contributed by atoms with Gasteiger partial charge in [0.05, 0.1) is 11.4 Å². The van der Waals surface area contributed by atoms with Crippen LogP contribution in [-0.4, -0.2) is 5.78 Å². The Morgan fingerprint density at radius 2 is 1.18 bits per heavy atom. The predicted molar refractivity (Wildman–Crippen MR) is 166 cm³/mol. The number of nitrogens with zero attached hydrogens (tertiary/aromatic N) is 1. The molecule has 1 aliphatic carbocycles. The number of hydrogen-bond donors (Lipinski definition) is 0. The van der Waals surface area contributed by atoms with Crippen molar-refractivity contribution in [1.29, 1.82) is 0 Å². The van der Waals surface area contributed by atoms with Crippen molar-refractivity contribution in [3.8, 4) is 22.3 Å². The quantitative estimate of drug-likeness (QED) is 0.221. The molecule has 0 bridgehead atoms. The standard InChI is InChI=1S/C38H33NO/c1-24(40)25-15-17-26(18-16-25)27-19-20-29-30-22-34-36(23-33(30)38(4,5)32(29)21-27)39(28-11-7-6-8-12-28)35-14-10-9-13-31(35)37(34,2)3/h6-23H,1-5H3. The molecule has 0 saturated carbocycles. The average Bonchev–Trinajstić information content (AvgIpc) is 3.18. The average molecular weight is 520 g/mol. The Kier molecular flexibility index (Phi) is 5.25. The van der Waals surface area contributed by atoms with Crippen LogP contribution in [-0.2, 0) is 10.8 Å². The Balaban J connectivity index is 1.42. The van der Waals surface area contributed by atoms with Gasteiger partial charge in [-0.15, -0.1) is 0 Å². The van der Waals surface area contributed by atoms with Crippen molar-refractivity contribution < 1.29 is 4.79 Å². The Morgan fingerprint density at radius 1 is 0.550 bits per heavy atom. The fourth-order valence-corrected chi connectivity index (χ4v) is 6.86. The second-order valence-electron chi connectivity index (χ2n) is 12.2. The van der Waals surface area contributed by atoms with Crippen molar-refractivity contribution in [3.63, 3.8) is 0 Å². The lowest BCUT2D eigenvalue weighted by atomic mass is 9.72. The maximum Gasteiger partial charge on any atom is 0.159 e. The fraction of sp³-hybridized carbons (Fsp3) is 0.184. The molecule has 0 N–H and O–H groups in total. The molecule has 7 rings (SSSR count). The minimum absolute atomic E-state index is 0.0932. The molecule has 1 heterocycles. The summed E-state index contributed by atoms with van der Waals surface area (Å²) in [4.78, 5) is 14.2. The van der Waals surface area contributed by atoms with Crippen molar-refractivity contribution in [2.75, 3.05) is 4.90 Å². The molecule has 0 spiro atoms. The molecule has 0 saturated heterocycles. The molecular formula is C38H33NO. The van der Waals surface area contributed by atoms with Crippen LogP contribution in [0, 0.1) is 0 Å². The number of carbonyl (C=O) groups is 1. The molecule has 0 amide bonds. The van der Waals surface area contributed by atoms with Crippen LogP contribution in [0.15, 0.2) is 109 Å². The number of carbonyl (C=O) groups excluding carboxylic acids is 1.